The fraction of sp³-hybridized carbons (Fsp3) is 0.400. The van der Waals surface area contributed by atoms with Crippen LogP contribution in [0.3, 0.4) is 0 Å². The highest BCUT2D eigenvalue weighted by Crippen LogP contribution is 2.14. The van der Waals surface area contributed by atoms with Gasteiger partial charge in [-0.25, -0.2) is 9.59 Å². The summed E-state index contributed by atoms with van der Waals surface area (Å²) in [7, 11) is 1.55. The molecule has 0 spiro atoms. The van der Waals surface area contributed by atoms with E-state index in [4.69, 9.17) is 10.4 Å². The van der Waals surface area contributed by atoms with Gasteiger partial charge in [0.1, 0.15) is 6.04 Å². The molecule has 1 rings (SSSR count). The highest BCUT2D eigenvalue weighted by Gasteiger charge is 2.21. The summed E-state index contributed by atoms with van der Waals surface area (Å²) in [6, 6.07) is 7.10. The molecule has 6 heteroatoms. The molecule has 21 heavy (non-hydrogen) atoms. The fourth-order valence-corrected chi connectivity index (χ4v) is 1.79. The van der Waals surface area contributed by atoms with E-state index < -0.39 is 18.0 Å². The first kappa shape index (κ1) is 16.5. The van der Waals surface area contributed by atoms with Crippen LogP contribution in [0.1, 0.15) is 31.7 Å². The molecule has 0 aromatic heterocycles. The molecular weight excluding hydrogens is 270 g/mol. The molecule has 0 aliphatic heterocycles. The van der Waals surface area contributed by atoms with Gasteiger partial charge in [-0.3, -0.25) is 4.90 Å². The second-order valence-electron chi connectivity index (χ2n) is 4.70. The van der Waals surface area contributed by atoms with Crippen molar-refractivity contribution in [2.24, 2.45) is 0 Å². The first-order valence-electron chi connectivity index (χ1n) is 6.76. The van der Waals surface area contributed by atoms with Crippen LogP contribution < -0.4 is 10.2 Å². The van der Waals surface area contributed by atoms with Gasteiger partial charge in [-0.05, 0) is 30.7 Å². The zero-order valence-corrected chi connectivity index (χ0v) is 12.2. The minimum absolute atomic E-state index is 0.402. The van der Waals surface area contributed by atoms with Crippen LogP contribution in [0, 0.1) is 11.3 Å². The Hall–Kier alpha value is -2.55. The number of rotatable bonds is 6. The summed E-state index contributed by atoms with van der Waals surface area (Å²) in [4.78, 5) is 24.5. The maximum absolute atomic E-state index is 12.1. The van der Waals surface area contributed by atoms with E-state index in [0.29, 0.717) is 17.7 Å². The molecule has 1 unspecified atom stereocenters. The molecule has 0 fully saturated rings. The molecule has 1 atom stereocenters. The van der Waals surface area contributed by atoms with E-state index in [1.165, 1.54) is 4.90 Å². The normalized spacial score (nSPS) is 11.3. The van der Waals surface area contributed by atoms with Gasteiger partial charge in [0.15, 0.2) is 0 Å². The lowest BCUT2D eigenvalue weighted by Crippen LogP contribution is -2.46. The van der Waals surface area contributed by atoms with E-state index in [9.17, 15) is 9.59 Å². The number of anilines is 1. The van der Waals surface area contributed by atoms with Crippen LogP contribution in [0.2, 0.25) is 0 Å². The second-order valence-corrected chi connectivity index (χ2v) is 4.70. The Kier molecular flexibility index (Phi) is 6.21. The number of aliphatic carboxylic acids is 1. The number of hydrogen-bond donors (Lipinski definition) is 2. The Morgan fingerprint density at radius 2 is 2.00 bits per heavy atom. The van der Waals surface area contributed by atoms with Crippen molar-refractivity contribution in [1.82, 2.24) is 5.32 Å². The van der Waals surface area contributed by atoms with E-state index >= 15 is 0 Å². The summed E-state index contributed by atoms with van der Waals surface area (Å²) in [5.74, 6) is -1.04. The monoisotopic (exact) mass is 289 g/mol. The van der Waals surface area contributed by atoms with Gasteiger partial charge in [-0.1, -0.05) is 19.8 Å². The number of unbranched alkanes of at least 4 members (excludes halogenated alkanes) is 1. The minimum Gasteiger partial charge on any atom is -0.480 e. The van der Waals surface area contributed by atoms with Gasteiger partial charge in [-0.2, -0.15) is 5.26 Å². The van der Waals surface area contributed by atoms with Crippen LogP contribution in [0.5, 0.6) is 0 Å². The quantitative estimate of drug-likeness (QED) is 0.840. The van der Waals surface area contributed by atoms with Crippen LogP contribution in [0.4, 0.5) is 10.5 Å². The number of amides is 2. The molecular formula is C15H19N3O3. The molecule has 0 radical (unpaired) electrons. The van der Waals surface area contributed by atoms with Crippen molar-refractivity contribution in [3.63, 3.8) is 0 Å². The zero-order chi connectivity index (χ0) is 15.8. The third-order valence-corrected chi connectivity index (χ3v) is 3.13. The van der Waals surface area contributed by atoms with Crippen LogP contribution in [-0.2, 0) is 4.79 Å². The van der Waals surface area contributed by atoms with E-state index in [1.54, 1.807) is 31.3 Å². The Labute approximate surface area is 124 Å². The number of carbonyl (C=O) groups is 2. The maximum Gasteiger partial charge on any atom is 0.326 e. The van der Waals surface area contributed by atoms with Crippen molar-refractivity contribution < 1.29 is 14.7 Å². The van der Waals surface area contributed by atoms with E-state index in [-0.39, 0.29) is 0 Å². The smallest absolute Gasteiger partial charge is 0.326 e. The lowest BCUT2D eigenvalue weighted by molar-refractivity contribution is -0.139. The number of nitrogens with one attached hydrogen (secondary N) is 1. The fourth-order valence-electron chi connectivity index (χ4n) is 1.79. The average Bonchev–Trinajstić information content (AvgIpc) is 2.50. The molecule has 0 heterocycles. The van der Waals surface area contributed by atoms with Gasteiger partial charge < -0.3 is 10.4 Å². The Morgan fingerprint density at radius 1 is 1.38 bits per heavy atom. The topological polar surface area (TPSA) is 93.4 Å². The molecule has 112 valence electrons. The maximum atomic E-state index is 12.1. The van der Waals surface area contributed by atoms with Crippen molar-refractivity contribution in [1.29, 1.82) is 5.26 Å². The van der Waals surface area contributed by atoms with Gasteiger partial charge in [-0.15, -0.1) is 0 Å². The third kappa shape index (κ3) is 4.80. The van der Waals surface area contributed by atoms with E-state index in [0.717, 1.165) is 12.8 Å². The highest BCUT2D eigenvalue weighted by atomic mass is 16.4. The average molecular weight is 289 g/mol. The van der Waals surface area contributed by atoms with E-state index in [2.05, 4.69) is 5.32 Å². The summed E-state index contributed by atoms with van der Waals surface area (Å²) in [6.45, 7) is 1.96. The number of carboxylic acid groups (broad SMARTS) is 1. The van der Waals surface area contributed by atoms with Crippen molar-refractivity contribution in [3.8, 4) is 6.07 Å². The number of hydrogen-bond acceptors (Lipinski definition) is 3. The van der Waals surface area contributed by atoms with E-state index in [1.807, 2.05) is 13.0 Å². The molecule has 2 N–H and O–H groups in total. The number of nitrogens with zero attached hydrogens (tertiary/aromatic N) is 2. The standard InChI is InChI=1S/C15H19N3O3/c1-3-4-5-13(14(19)20)17-15(21)18(2)12-8-6-11(10-16)7-9-12/h6-9,13H,3-5H2,1-2H3,(H,17,21)(H,19,20). The van der Waals surface area contributed by atoms with Gasteiger partial charge in [0.2, 0.25) is 0 Å². The van der Waals surface area contributed by atoms with Crippen LogP contribution in [0.15, 0.2) is 24.3 Å². The molecule has 0 aliphatic rings. The number of nitriles is 1. The predicted octanol–water partition coefficient (Wildman–Crippen LogP) is 2.35. The molecule has 6 nitrogen and oxygen atoms in total. The number of benzene rings is 1. The SMILES string of the molecule is CCCCC(NC(=O)N(C)c1ccc(C#N)cc1)C(=O)O. The van der Waals surface area contributed by atoms with Gasteiger partial charge in [0.05, 0.1) is 11.6 Å². The largest absolute Gasteiger partial charge is 0.480 e. The summed E-state index contributed by atoms with van der Waals surface area (Å²) >= 11 is 0. The molecule has 0 bridgehead atoms. The van der Waals surface area contributed by atoms with Crippen molar-refractivity contribution in [2.75, 3.05) is 11.9 Å². The third-order valence-electron chi connectivity index (χ3n) is 3.13. The second kappa shape index (κ2) is 7.90. The first-order valence-corrected chi connectivity index (χ1v) is 6.76. The Bertz CT molecular complexity index is 534. The molecule has 1 aromatic rings. The predicted molar refractivity (Wildman–Crippen MR) is 79.0 cm³/mol. The summed E-state index contributed by atoms with van der Waals surface area (Å²) in [5.41, 5.74) is 1.09. The highest BCUT2D eigenvalue weighted by molar-refractivity contribution is 5.94. The molecule has 0 saturated carbocycles. The van der Waals surface area contributed by atoms with Gasteiger partial charge >= 0.3 is 12.0 Å². The summed E-state index contributed by atoms with van der Waals surface area (Å²) in [6.07, 6.45) is 2.00. The van der Waals surface area contributed by atoms with Crippen molar-refractivity contribution >= 4 is 17.7 Å². The summed E-state index contributed by atoms with van der Waals surface area (Å²) in [5, 5.41) is 20.3. The summed E-state index contributed by atoms with van der Waals surface area (Å²) < 4.78 is 0. The number of carbonyl (C=O) groups excluding carboxylic acids is 1. The van der Waals surface area contributed by atoms with Crippen LogP contribution in [-0.4, -0.2) is 30.2 Å². The zero-order valence-electron chi connectivity index (χ0n) is 12.2. The molecule has 0 saturated heterocycles. The number of urea groups is 1. The van der Waals surface area contributed by atoms with Crippen molar-refractivity contribution in [3.05, 3.63) is 29.8 Å². The van der Waals surface area contributed by atoms with Crippen LogP contribution >= 0.6 is 0 Å². The van der Waals surface area contributed by atoms with Crippen LogP contribution in [0.25, 0.3) is 0 Å². The molecule has 1 aromatic carbocycles. The molecule has 2 amide bonds. The minimum atomic E-state index is -1.04. The van der Waals surface area contributed by atoms with Crippen molar-refractivity contribution in [2.45, 2.75) is 32.2 Å². The molecule has 0 aliphatic carbocycles. The first-order chi connectivity index (χ1) is 9.99. The Balaban J connectivity index is 2.71. The van der Waals surface area contributed by atoms with Gasteiger partial charge in [0.25, 0.3) is 0 Å². The number of carboxylic acids is 1. The lowest BCUT2D eigenvalue weighted by Gasteiger charge is -2.21. The lowest BCUT2D eigenvalue weighted by atomic mass is 10.1. The Morgan fingerprint density at radius 3 is 2.48 bits per heavy atom. The van der Waals surface area contributed by atoms with Gasteiger partial charge in [0, 0.05) is 12.7 Å².